The molecule has 2 heterocycles. The first-order chi connectivity index (χ1) is 9.74. The Morgan fingerprint density at radius 3 is 3.05 bits per heavy atom. The molecular weight excluding hydrogens is 250 g/mol. The van der Waals surface area contributed by atoms with E-state index in [1.807, 2.05) is 18.2 Å². The lowest BCUT2D eigenvalue weighted by Gasteiger charge is -2.17. The number of hydrogen-bond donors (Lipinski definition) is 2. The lowest BCUT2D eigenvalue weighted by Crippen LogP contribution is -2.24. The molecule has 1 aliphatic heterocycles. The van der Waals surface area contributed by atoms with Gasteiger partial charge >= 0.3 is 0 Å². The van der Waals surface area contributed by atoms with Crippen LogP contribution in [0.4, 0.5) is 5.82 Å². The molecule has 20 heavy (non-hydrogen) atoms. The van der Waals surface area contributed by atoms with E-state index < -0.39 is 0 Å². The van der Waals surface area contributed by atoms with Gasteiger partial charge in [0.25, 0.3) is 0 Å². The number of ketones is 1. The van der Waals surface area contributed by atoms with E-state index >= 15 is 0 Å². The Hall–Kier alpha value is -2.20. The molecule has 3 rings (SSSR count). The van der Waals surface area contributed by atoms with Gasteiger partial charge in [0.1, 0.15) is 5.82 Å². The lowest BCUT2D eigenvalue weighted by molar-refractivity contribution is 0.0993. The van der Waals surface area contributed by atoms with E-state index in [9.17, 15) is 4.79 Å². The number of benzene rings is 1. The van der Waals surface area contributed by atoms with Gasteiger partial charge in [-0.1, -0.05) is 18.2 Å². The van der Waals surface area contributed by atoms with Crippen LogP contribution in [0.5, 0.6) is 0 Å². The third-order valence-electron chi connectivity index (χ3n) is 3.69. The van der Waals surface area contributed by atoms with Gasteiger partial charge < -0.3 is 11.1 Å². The molecule has 102 valence electrons. The van der Waals surface area contributed by atoms with Crippen molar-refractivity contribution in [3.05, 3.63) is 58.8 Å². The quantitative estimate of drug-likeness (QED) is 0.831. The summed E-state index contributed by atoms with van der Waals surface area (Å²) in [5.74, 6) is 0.513. The highest BCUT2D eigenvalue weighted by atomic mass is 16.1. The Bertz CT molecular complexity index is 652. The Balaban J connectivity index is 1.82. The van der Waals surface area contributed by atoms with Crippen molar-refractivity contribution in [2.24, 2.45) is 0 Å². The maximum atomic E-state index is 12.3. The smallest absolute Gasteiger partial charge is 0.167 e. The van der Waals surface area contributed by atoms with Crippen LogP contribution < -0.4 is 11.1 Å². The Labute approximate surface area is 118 Å². The Morgan fingerprint density at radius 1 is 1.30 bits per heavy atom. The van der Waals surface area contributed by atoms with Crippen molar-refractivity contribution in [1.82, 2.24) is 10.3 Å². The number of nitrogens with two attached hydrogens (primary N) is 1. The molecule has 1 aromatic carbocycles. The molecule has 1 aromatic heterocycles. The van der Waals surface area contributed by atoms with E-state index in [0.717, 1.165) is 30.6 Å². The Kier molecular flexibility index (Phi) is 3.48. The molecule has 2 aromatic rings. The molecule has 0 saturated heterocycles. The minimum Gasteiger partial charge on any atom is -0.383 e. The topological polar surface area (TPSA) is 68.0 Å². The third-order valence-corrected chi connectivity index (χ3v) is 3.69. The van der Waals surface area contributed by atoms with Crippen LogP contribution in [0.2, 0.25) is 0 Å². The highest BCUT2D eigenvalue weighted by molar-refractivity contribution is 5.98. The van der Waals surface area contributed by atoms with Crippen molar-refractivity contribution in [3.8, 4) is 0 Å². The van der Waals surface area contributed by atoms with E-state index in [2.05, 4.69) is 16.4 Å². The number of Topliss-reactive ketones (excluding diaryl/α,β-unsaturated/α-hetero) is 1. The molecule has 1 aliphatic rings. The van der Waals surface area contributed by atoms with Crippen molar-refractivity contribution < 1.29 is 4.79 Å². The summed E-state index contributed by atoms with van der Waals surface area (Å²) in [4.78, 5) is 16.4. The minimum absolute atomic E-state index is 0.0815. The van der Waals surface area contributed by atoms with Crippen LogP contribution >= 0.6 is 0 Å². The number of nitrogens with zero attached hydrogens (tertiary/aromatic N) is 1. The summed E-state index contributed by atoms with van der Waals surface area (Å²) in [5, 5.41) is 3.32. The second-order valence-corrected chi connectivity index (χ2v) is 5.06. The van der Waals surface area contributed by atoms with E-state index in [1.165, 1.54) is 11.1 Å². The Morgan fingerprint density at radius 2 is 2.20 bits per heavy atom. The van der Waals surface area contributed by atoms with Crippen LogP contribution in [0, 0.1) is 0 Å². The van der Waals surface area contributed by atoms with Crippen LogP contribution in [0.1, 0.15) is 27.0 Å². The number of pyridine rings is 1. The second kappa shape index (κ2) is 5.43. The summed E-state index contributed by atoms with van der Waals surface area (Å²) in [6.07, 6.45) is 2.96. The van der Waals surface area contributed by atoms with Crippen LogP contribution in [0.3, 0.4) is 0 Å². The van der Waals surface area contributed by atoms with Gasteiger partial charge in [-0.15, -0.1) is 0 Å². The average molecular weight is 267 g/mol. The molecule has 4 heteroatoms. The normalized spacial score (nSPS) is 13.8. The van der Waals surface area contributed by atoms with Crippen molar-refractivity contribution in [2.75, 3.05) is 12.3 Å². The summed E-state index contributed by atoms with van der Waals surface area (Å²) in [6, 6.07) is 9.63. The van der Waals surface area contributed by atoms with Crippen molar-refractivity contribution in [2.45, 2.75) is 19.4 Å². The zero-order chi connectivity index (χ0) is 13.9. The second-order valence-electron chi connectivity index (χ2n) is 5.06. The van der Waals surface area contributed by atoms with Gasteiger partial charge in [-0.05, 0) is 36.2 Å². The summed E-state index contributed by atoms with van der Waals surface area (Å²) < 4.78 is 0. The molecule has 0 amide bonds. The van der Waals surface area contributed by atoms with Gasteiger partial charge in [-0.2, -0.15) is 0 Å². The van der Waals surface area contributed by atoms with Gasteiger partial charge in [0, 0.05) is 30.3 Å². The zero-order valence-corrected chi connectivity index (χ0v) is 11.2. The fraction of sp³-hybridized carbons (Fsp3) is 0.250. The minimum atomic E-state index is 0.0815. The number of carbonyl (C=O) groups is 1. The van der Waals surface area contributed by atoms with E-state index in [-0.39, 0.29) is 5.78 Å². The molecular formula is C16H17N3O. The molecule has 0 radical (unpaired) electrons. The first kappa shape index (κ1) is 12.8. The fourth-order valence-electron chi connectivity index (χ4n) is 2.53. The predicted octanol–water partition coefficient (Wildman–Crippen LogP) is 1.73. The maximum Gasteiger partial charge on any atom is 0.167 e. The molecule has 0 spiro atoms. The number of carbonyl (C=O) groups excluding carboxylic acids is 1. The van der Waals surface area contributed by atoms with Crippen LogP contribution in [-0.2, 0) is 19.4 Å². The molecule has 3 N–H and O–H groups in total. The number of hydrogen-bond acceptors (Lipinski definition) is 4. The van der Waals surface area contributed by atoms with E-state index in [4.69, 9.17) is 5.73 Å². The fourth-order valence-corrected chi connectivity index (χ4v) is 2.53. The number of nitrogen functional groups attached to an aromatic ring is 1. The largest absolute Gasteiger partial charge is 0.383 e. The maximum absolute atomic E-state index is 12.3. The third kappa shape index (κ3) is 2.56. The summed E-state index contributed by atoms with van der Waals surface area (Å²) >= 11 is 0. The molecule has 0 saturated carbocycles. The molecule has 0 unspecified atom stereocenters. The first-order valence-corrected chi connectivity index (χ1v) is 6.79. The molecule has 0 aliphatic carbocycles. The number of fused-ring (bicyclic) bond motifs is 1. The van der Waals surface area contributed by atoms with E-state index in [0.29, 0.717) is 12.2 Å². The van der Waals surface area contributed by atoms with Crippen LogP contribution in [-0.4, -0.2) is 17.3 Å². The predicted molar refractivity (Wildman–Crippen MR) is 78.5 cm³/mol. The van der Waals surface area contributed by atoms with Gasteiger partial charge in [0.15, 0.2) is 5.78 Å². The van der Waals surface area contributed by atoms with Gasteiger partial charge in [0.05, 0.1) is 0 Å². The van der Waals surface area contributed by atoms with E-state index in [1.54, 1.807) is 12.3 Å². The molecule has 0 bridgehead atoms. The molecule has 0 atom stereocenters. The summed E-state index contributed by atoms with van der Waals surface area (Å²) in [7, 11) is 0. The number of nitrogens with one attached hydrogen (secondary N) is 1. The van der Waals surface area contributed by atoms with Crippen molar-refractivity contribution in [3.63, 3.8) is 0 Å². The zero-order valence-electron chi connectivity index (χ0n) is 11.2. The van der Waals surface area contributed by atoms with Crippen LogP contribution in [0.15, 0.2) is 36.5 Å². The number of rotatable bonds is 3. The average Bonchev–Trinajstić information content (AvgIpc) is 2.49. The molecule has 4 nitrogen and oxygen atoms in total. The lowest BCUT2D eigenvalue weighted by atomic mass is 9.95. The number of aromatic nitrogens is 1. The van der Waals surface area contributed by atoms with Crippen molar-refractivity contribution >= 4 is 11.6 Å². The van der Waals surface area contributed by atoms with Gasteiger partial charge in [-0.25, -0.2) is 4.98 Å². The summed E-state index contributed by atoms with van der Waals surface area (Å²) in [5.41, 5.74) is 9.87. The summed E-state index contributed by atoms with van der Waals surface area (Å²) in [6.45, 7) is 1.85. The van der Waals surface area contributed by atoms with Gasteiger partial charge in [-0.3, -0.25) is 4.79 Å². The highest BCUT2D eigenvalue weighted by Gasteiger charge is 2.14. The standard InChI is InChI=1S/C16H17N3O/c17-16-13(2-1-6-19-16)9-15(20)12-4-3-11-5-7-18-10-14(11)8-12/h1-4,6,8,18H,5,7,9-10H2,(H2,17,19). The molecule has 0 fully saturated rings. The highest BCUT2D eigenvalue weighted by Crippen LogP contribution is 2.18. The first-order valence-electron chi connectivity index (χ1n) is 6.79. The van der Waals surface area contributed by atoms with Gasteiger partial charge in [0.2, 0.25) is 0 Å². The van der Waals surface area contributed by atoms with Crippen molar-refractivity contribution in [1.29, 1.82) is 0 Å². The number of anilines is 1. The van der Waals surface area contributed by atoms with Crippen LogP contribution in [0.25, 0.3) is 0 Å². The SMILES string of the molecule is Nc1ncccc1CC(=O)c1ccc2c(c1)CNCC2. The monoisotopic (exact) mass is 267 g/mol.